The van der Waals surface area contributed by atoms with Crippen molar-refractivity contribution in [2.24, 2.45) is 0 Å². The first-order chi connectivity index (χ1) is 18.5. The molecule has 0 heterocycles. The Bertz CT molecular complexity index is 1320. The van der Waals surface area contributed by atoms with Gasteiger partial charge in [0.25, 0.3) is 0 Å². The summed E-state index contributed by atoms with van der Waals surface area (Å²) in [6.45, 7) is 13.7. The Labute approximate surface area is 237 Å². The molecular weight excluding hydrogens is 508 g/mol. The third-order valence-electron chi connectivity index (χ3n) is 7.38. The molecular formula is C33H42O7. The van der Waals surface area contributed by atoms with Gasteiger partial charge in [-0.15, -0.1) is 0 Å². The van der Waals surface area contributed by atoms with E-state index < -0.39 is 17.2 Å². The zero-order chi connectivity index (χ0) is 29.9. The Morgan fingerprint density at radius 3 is 1.95 bits per heavy atom. The van der Waals surface area contributed by atoms with Gasteiger partial charge in [-0.25, -0.2) is 4.79 Å². The minimum Gasteiger partial charge on any atom is -0.508 e. The first-order valence-corrected chi connectivity index (χ1v) is 13.6. The number of rotatable bonds is 9. The first-order valence-electron chi connectivity index (χ1n) is 13.6. The molecule has 40 heavy (non-hydrogen) atoms. The Hall–Kier alpha value is -3.87. The van der Waals surface area contributed by atoms with Crippen LogP contribution in [0, 0.1) is 0 Å². The molecule has 0 aliphatic carbocycles. The van der Waals surface area contributed by atoms with Gasteiger partial charge in [-0.2, -0.15) is 0 Å². The highest BCUT2D eigenvalue weighted by Gasteiger charge is 2.37. The molecule has 0 amide bonds. The zero-order valence-electron chi connectivity index (χ0n) is 24.5. The predicted octanol–water partition coefficient (Wildman–Crippen LogP) is 8.03. The second-order valence-corrected chi connectivity index (χ2v) is 12.5. The van der Waals surface area contributed by atoms with Crippen molar-refractivity contribution in [3.05, 3.63) is 77.4 Å². The summed E-state index contributed by atoms with van der Waals surface area (Å²) in [5.74, 6) is -0.301. The second-order valence-electron chi connectivity index (χ2n) is 12.5. The minimum absolute atomic E-state index is 0.00171. The van der Waals surface area contributed by atoms with Crippen molar-refractivity contribution in [1.82, 2.24) is 0 Å². The molecule has 0 radical (unpaired) electrons. The van der Waals surface area contributed by atoms with E-state index in [1.165, 1.54) is 12.1 Å². The van der Waals surface area contributed by atoms with Crippen molar-refractivity contribution < 1.29 is 34.7 Å². The maximum absolute atomic E-state index is 12.3. The van der Waals surface area contributed by atoms with Gasteiger partial charge in [-0.05, 0) is 110 Å². The number of ether oxygens (including phenoxy) is 2. The van der Waals surface area contributed by atoms with Crippen molar-refractivity contribution in [3.63, 3.8) is 0 Å². The van der Waals surface area contributed by atoms with E-state index in [0.717, 1.165) is 23.1 Å². The van der Waals surface area contributed by atoms with Crippen molar-refractivity contribution in [2.45, 2.75) is 90.1 Å². The Morgan fingerprint density at radius 1 is 0.775 bits per heavy atom. The number of carbonyl (C=O) groups excluding carboxylic acids is 1. The molecule has 0 fully saturated rings. The highest BCUT2D eigenvalue weighted by Crippen LogP contribution is 2.47. The molecule has 0 saturated heterocycles. The number of hydrogen-bond donors (Lipinski definition) is 4. The molecule has 3 aromatic rings. The number of aromatic hydroxyl groups is 4. The predicted molar refractivity (Wildman–Crippen MR) is 155 cm³/mol. The summed E-state index contributed by atoms with van der Waals surface area (Å²) >= 11 is 0. The van der Waals surface area contributed by atoms with Crippen LogP contribution in [0.2, 0.25) is 0 Å². The summed E-state index contributed by atoms with van der Waals surface area (Å²) in [6, 6.07) is 17.2. The lowest BCUT2D eigenvalue weighted by atomic mass is 9.63. The lowest BCUT2D eigenvalue weighted by molar-refractivity contribution is 0.0200. The van der Waals surface area contributed by atoms with E-state index in [2.05, 4.69) is 27.7 Å². The highest BCUT2D eigenvalue weighted by atomic mass is 16.7. The van der Waals surface area contributed by atoms with E-state index in [-0.39, 0.29) is 40.1 Å². The minimum atomic E-state index is -0.895. The van der Waals surface area contributed by atoms with Crippen molar-refractivity contribution in [1.29, 1.82) is 0 Å². The molecule has 2 atom stereocenters. The molecule has 0 saturated carbocycles. The summed E-state index contributed by atoms with van der Waals surface area (Å²) in [6.07, 6.45) is 1.21. The van der Waals surface area contributed by atoms with Gasteiger partial charge in [-0.3, -0.25) is 0 Å². The van der Waals surface area contributed by atoms with E-state index in [1.807, 2.05) is 24.3 Å². The molecule has 7 heteroatoms. The molecule has 0 spiro atoms. The summed E-state index contributed by atoms with van der Waals surface area (Å²) in [5, 5.41) is 40.6. The van der Waals surface area contributed by atoms with Gasteiger partial charge in [0.15, 0.2) is 23.0 Å². The summed E-state index contributed by atoms with van der Waals surface area (Å²) < 4.78 is 10.6. The lowest BCUT2D eigenvalue weighted by Crippen LogP contribution is -2.33. The summed E-state index contributed by atoms with van der Waals surface area (Å²) in [4.78, 5) is 12.3. The van der Waals surface area contributed by atoms with Crippen LogP contribution in [0.4, 0.5) is 4.79 Å². The molecule has 0 aliphatic rings. The first kappa shape index (κ1) is 30.7. The monoisotopic (exact) mass is 550 g/mol. The third kappa shape index (κ3) is 7.62. The van der Waals surface area contributed by atoms with Crippen LogP contribution in [0.15, 0.2) is 60.7 Å². The van der Waals surface area contributed by atoms with Crippen molar-refractivity contribution in [3.8, 4) is 28.7 Å². The number of phenolic OH excluding ortho intramolecular Hbond substituents is 4. The smallest absolute Gasteiger partial charge is 0.508 e. The quantitative estimate of drug-likeness (QED) is 0.121. The van der Waals surface area contributed by atoms with E-state index >= 15 is 0 Å². The Kier molecular flexibility index (Phi) is 8.97. The molecule has 2 unspecified atom stereocenters. The van der Waals surface area contributed by atoms with Crippen molar-refractivity contribution >= 4 is 6.16 Å². The van der Waals surface area contributed by atoms with Gasteiger partial charge in [0.1, 0.15) is 11.4 Å². The average molecular weight is 551 g/mol. The van der Waals surface area contributed by atoms with Gasteiger partial charge >= 0.3 is 6.16 Å². The van der Waals surface area contributed by atoms with Gasteiger partial charge in [-0.1, -0.05) is 52.0 Å². The van der Waals surface area contributed by atoms with Crippen LogP contribution >= 0.6 is 0 Å². The number of phenols is 4. The molecule has 4 N–H and O–H groups in total. The van der Waals surface area contributed by atoms with Crippen LogP contribution in [0.3, 0.4) is 0 Å². The molecule has 7 nitrogen and oxygen atoms in total. The SMILES string of the molecule is CCC(CC(C)(CC(C)(C)c1ccc(O)cc1)c1ccc(O)c(O)c1)c1ccc(O)c(OC(=O)OC(C)(C)C)c1. The molecule has 0 aromatic heterocycles. The number of carbonyl (C=O) groups is 1. The number of hydrogen-bond acceptors (Lipinski definition) is 7. The second kappa shape index (κ2) is 11.7. The molecule has 3 rings (SSSR count). The largest absolute Gasteiger partial charge is 0.514 e. The van der Waals surface area contributed by atoms with Gasteiger partial charge in [0, 0.05) is 0 Å². The average Bonchev–Trinajstić information content (AvgIpc) is 2.84. The van der Waals surface area contributed by atoms with Crippen LogP contribution in [-0.4, -0.2) is 32.2 Å². The maximum Gasteiger partial charge on any atom is 0.514 e. The molecule has 0 aliphatic heterocycles. The van der Waals surface area contributed by atoms with E-state index in [0.29, 0.717) is 12.8 Å². The summed E-state index contributed by atoms with van der Waals surface area (Å²) in [5.41, 5.74) is 1.29. The van der Waals surface area contributed by atoms with E-state index in [1.54, 1.807) is 45.0 Å². The van der Waals surface area contributed by atoms with Gasteiger partial charge in [0.05, 0.1) is 0 Å². The topological polar surface area (TPSA) is 116 Å². The third-order valence-corrected chi connectivity index (χ3v) is 7.38. The molecule has 0 bridgehead atoms. The van der Waals surface area contributed by atoms with Crippen LogP contribution in [0.5, 0.6) is 28.7 Å². The standard InChI is InChI=1S/C33H42O7/c1-8-21(22-9-15-27(36)29(17-22)39-30(38)40-31(2,3)4)19-33(7,24-12-16-26(35)28(37)18-24)20-32(5,6)23-10-13-25(34)14-11-23/h9-18,21,34-37H,8,19-20H2,1-7H3. The van der Waals surface area contributed by atoms with Crippen molar-refractivity contribution in [2.75, 3.05) is 0 Å². The van der Waals surface area contributed by atoms with Crippen LogP contribution in [0.1, 0.15) is 90.3 Å². The van der Waals surface area contributed by atoms with Crippen LogP contribution in [-0.2, 0) is 15.6 Å². The van der Waals surface area contributed by atoms with E-state index in [4.69, 9.17) is 9.47 Å². The van der Waals surface area contributed by atoms with Crippen LogP contribution < -0.4 is 4.74 Å². The Morgan fingerprint density at radius 2 is 1.38 bits per heavy atom. The lowest BCUT2D eigenvalue weighted by Gasteiger charge is -2.41. The molecule has 3 aromatic carbocycles. The fourth-order valence-corrected chi connectivity index (χ4v) is 5.45. The maximum atomic E-state index is 12.3. The van der Waals surface area contributed by atoms with Crippen LogP contribution in [0.25, 0.3) is 0 Å². The fourth-order valence-electron chi connectivity index (χ4n) is 5.45. The molecule has 216 valence electrons. The Balaban J connectivity index is 2.00. The number of benzene rings is 3. The van der Waals surface area contributed by atoms with Gasteiger partial charge in [0.2, 0.25) is 0 Å². The van der Waals surface area contributed by atoms with Gasteiger partial charge < -0.3 is 29.9 Å². The van der Waals surface area contributed by atoms with E-state index in [9.17, 15) is 25.2 Å². The normalized spacial score (nSPS) is 14.3. The summed E-state index contributed by atoms with van der Waals surface area (Å²) in [7, 11) is 0. The zero-order valence-corrected chi connectivity index (χ0v) is 24.5. The highest BCUT2D eigenvalue weighted by molar-refractivity contribution is 5.66. The fraction of sp³-hybridized carbons (Fsp3) is 0.424.